The summed E-state index contributed by atoms with van der Waals surface area (Å²) in [6, 6.07) is 12.8. The lowest BCUT2D eigenvalue weighted by Crippen LogP contribution is -2.10. The second kappa shape index (κ2) is 8.25. The minimum Gasteiger partial charge on any atom is -0.489 e. The summed E-state index contributed by atoms with van der Waals surface area (Å²) in [5.74, 6) is 0.698. The number of methoxy groups -OCH3 is 1. The number of halogens is 1. The summed E-state index contributed by atoms with van der Waals surface area (Å²) in [6.07, 6.45) is 0. The van der Waals surface area contributed by atoms with E-state index in [1.165, 1.54) is 0 Å². The monoisotopic (exact) mass is 374 g/mol. The number of benzene rings is 2. The molecule has 26 heavy (non-hydrogen) atoms. The minimum atomic E-state index is -0.440. The number of rotatable bonds is 7. The summed E-state index contributed by atoms with van der Waals surface area (Å²) in [7, 11) is 1.55. The maximum Gasteiger partial charge on any atom is 0.342 e. The van der Waals surface area contributed by atoms with Crippen molar-refractivity contribution in [1.29, 1.82) is 0 Å². The average molecular weight is 375 g/mol. The van der Waals surface area contributed by atoms with Crippen LogP contribution in [0.4, 0.5) is 0 Å². The van der Waals surface area contributed by atoms with Crippen LogP contribution < -0.4 is 4.74 Å². The summed E-state index contributed by atoms with van der Waals surface area (Å²) in [5, 5.41) is 1.32. The van der Waals surface area contributed by atoms with Crippen LogP contribution in [0.5, 0.6) is 5.75 Å². The first-order valence-electron chi connectivity index (χ1n) is 8.15. The minimum absolute atomic E-state index is 0.187. The van der Waals surface area contributed by atoms with Crippen LogP contribution in [0, 0.1) is 6.92 Å². The van der Waals surface area contributed by atoms with Crippen molar-refractivity contribution in [3.8, 4) is 5.75 Å². The second-order valence-corrected chi connectivity index (χ2v) is 6.17. The van der Waals surface area contributed by atoms with Crippen molar-refractivity contribution in [2.45, 2.75) is 13.5 Å². The molecule has 1 heterocycles. The fourth-order valence-electron chi connectivity index (χ4n) is 2.63. The van der Waals surface area contributed by atoms with Crippen molar-refractivity contribution in [3.05, 3.63) is 64.4 Å². The molecule has 0 atom stereocenters. The van der Waals surface area contributed by atoms with Crippen LogP contribution in [0.2, 0.25) is 5.02 Å². The van der Waals surface area contributed by atoms with Crippen molar-refractivity contribution >= 4 is 28.5 Å². The summed E-state index contributed by atoms with van der Waals surface area (Å²) in [4.78, 5) is 12.4. The average Bonchev–Trinajstić information content (AvgIpc) is 2.95. The molecule has 2 aromatic carbocycles. The molecular formula is C20H19ClO5. The Morgan fingerprint density at radius 2 is 2.00 bits per heavy atom. The van der Waals surface area contributed by atoms with Crippen molar-refractivity contribution in [2.24, 2.45) is 0 Å². The first-order chi connectivity index (χ1) is 12.6. The number of esters is 1. The molecule has 136 valence electrons. The van der Waals surface area contributed by atoms with Crippen molar-refractivity contribution in [3.63, 3.8) is 0 Å². The highest BCUT2D eigenvalue weighted by molar-refractivity contribution is 6.30. The molecule has 0 radical (unpaired) electrons. The number of aryl methyl sites for hydroxylation is 1. The normalized spacial score (nSPS) is 10.9. The smallest absolute Gasteiger partial charge is 0.342 e. The van der Waals surface area contributed by atoms with E-state index < -0.39 is 5.97 Å². The molecule has 0 saturated carbocycles. The third-order valence-electron chi connectivity index (χ3n) is 3.85. The van der Waals surface area contributed by atoms with Crippen LogP contribution in [0.15, 0.2) is 46.9 Å². The Morgan fingerprint density at radius 3 is 2.77 bits per heavy atom. The quantitative estimate of drug-likeness (QED) is 0.440. The fraction of sp³-hybridized carbons (Fsp3) is 0.250. The van der Waals surface area contributed by atoms with E-state index in [0.717, 1.165) is 5.56 Å². The fourth-order valence-corrected chi connectivity index (χ4v) is 2.84. The van der Waals surface area contributed by atoms with Crippen LogP contribution in [-0.2, 0) is 16.1 Å². The van der Waals surface area contributed by atoms with Gasteiger partial charge >= 0.3 is 5.97 Å². The summed E-state index contributed by atoms with van der Waals surface area (Å²) in [5.41, 5.74) is 1.97. The second-order valence-electron chi connectivity index (χ2n) is 5.74. The molecule has 0 spiro atoms. The zero-order chi connectivity index (χ0) is 18.5. The molecule has 0 unspecified atom stereocenters. The van der Waals surface area contributed by atoms with Crippen LogP contribution in [-0.4, -0.2) is 26.3 Å². The zero-order valence-corrected chi connectivity index (χ0v) is 15.3. The third-order valence-corrected chi connectivity index (χ3v) is 4.09. The summed E-state index contributed by atoms with van der Waals surface area (Å²) < 4.78 is 21.6. The van der Waals surface area contributed by atoms with Crippen LogP contribution in [0.25, 0.3) is 11.0 Å². The maximum absolute atomic E-state index is 12.4. The Bertz CT molecular complexity index is 916. The van der Waals surface area contributed by atoms with Gasteiger partial charge in [-0.1, -0.05) is 23.7 Å². The van der Waals surface area contributed by atoms with Gasteiger partial charge in [-0.3, -0.25) is 0 Å². The van der Waals surface area contributed by atoms with Gasteiger partial charge in [-0.2, -0.15) is 0 Å². The standard InChI is InChI=1S/C20H19ClO5/c1-13-19(20(22)24-9-8-23-2)17-11-16(6-7-18(17)26-13)25-12-14-4-3-5-15(21)10-14/h3-7,10-11H,8-9,12H2,1-2H3. The molecule has 3 aromatic rings. The molecule has 6 heteroatoms. The molecule has 1 aromatic heterocycles. The predicted molar refractivity (Wildman–Crippen MR) is 98.9 cm³/mol. The van der Waals surface area contributed by atoms with Gasteiger partial charge < -0.3 is 18.6 Å². The molecule has 0 aliphatic carbocycles. The van der Waals surface area contributed by atoms with Gasteiger partial charge in [0.1, 0.15) is 35.9 Å². The lowest BCUT2D eigenvalue weighted by Gasteiger charge is -2.07. The van der Waals surface area contributed by atoms with E-state index in [2.05, 4.69) is 0 Å². The summed E-state index contributed by atoms with van der Waals surface area (Å²) in [6.45, 7) is 2.64. The van der Waals surface area contributed by atoms with Crippen molar-refractivity contribution in [1.82, 2.24) is 0 Å². The van der Waals surface area contributed by atoms with E-state index >= 15 is 0 Å². The number of ether oxygens (including phenoxy) is 3. The Hall–Kier alpha value is -2.50. The Morgan fingerprint density at radius 1 is 1.15 bits per heavy atom. The van der Waals surface area contributed by atoms with E-state index in [-0.39, 0.29) is 6.61 Å². The summed E-state index contributed by atoms with van der Waals surface area (Å²) >= 11 is 5.99. The topological polar surface area (TPSA) is 57.9 Å². The van der Waals surface area contributed by atoms with Gasteiger partial charge in [-0.05, 0) is 42.8 Å². The molecule has 0 saturated heterocycles. The highest BCUT2D eigenvalue weighted by Crippen LogP contribution is 2.30. The van der Waals surface area contributed by atoms with Crippen LogP contribution >= 0.6 is 11.6 Å². The van der Waals surface area contributed by atoms with Gasteiger partial charge in [0.25, 0.3) is 0 Å². The van der Waals surface area contributed by atoms with Gasteiger partial charge in [0.05, 0.1) is 6.61 Å². The molecular weight excluding hydrogens is 356 g/mol. The van der Waals surface area contributed by atoms with Crippen LogP contribution in [0.1, 0.15) is 21.7 Å². The van der Waals surface area contributed by atoms with Crippen LogP contribution in [0.3, 0.4) is 0 Å². The molecule has 0 aliphatic rings. The van der Waals surface area contributed by atoms with E-state index in [0.29, 0.717) is 46.3 Å². The van der Waals surface area contributed by atoms with Gasteiger partial charge in [-0.15, -0.1) is 0 Å². The first-order valence-corrected chi connectivity index (χ1v) is 8.52. The van der Waals surface area contributed by atoms with Gasteiger partial charge in [0.15, 0.2) is 0 Å². The van der Waals surface area contributed by atoms with E-state index in [9.17, 15) is 4.79 Å². The number of carbonyl (C=O) groups is 1. The number of hydrogen-bond acceptors (Lipinski definition) is 5. The Labute approximate surface area is 156 Å². The van der Waals surface area contributed by atoms with Crippen molar-refractivity contribution in [2.75, 3.05) is 20.3 Å². The lowest BCUT2D eigenvalue weighted by molar-refractivity contribution is 0.0388. The third kappa shape index (κ3) is 4.18. The first kappa shape index (κ1) is 18.3. The number of carbonyl (C=O) groups excluding carboxylic acids is 1. The molecule has 0 fully saturated rings. The zero-order valence-electron chi connectivity index (χ0n) is 14.6. The largest absolute Gasteiger partial charge is 0.489 e. The van der Waals surface area contributed by atoms with Crippen molar-refractivity contribution < 1.29 is 23.4 Å². The predicted octanol–water partition coefficient (Wildman–Crippen LogP) is 4.78. The molecule has 0 amide bonds. The van der Waals surface area contributed by atoms with Gasteiger partial charge in [-0.25, -0.2) is 4.79 Å². The van der Waals surface area contributed by atoms with Gasteiger partial charge in [0, 0.05) is 17.5 Å². The number of hydrogen-bond donors (Lipinski definition) is 0. The molecule has 5 nitrogen and oxygen atoms in total. The van der Waals surface area contributed by atoms with E-state index in [4.69, 9.17) is 30.2 Å². The van der Waals surface area contributed by atoms with E-state index in [1.54, 1.807) is 32.2 Å². The molecule has 3 rings (SSSR count). The maximum atomic E-state index is 12.4. The van der Waals surface area contributed by atoms with E-state index in [1.807, 2.05) is 24.3 Å². The number of furan rings is 1. The SMILES string of the molecule is COCCOC(=O)c1c(C)oc2ccc(OCc3cccc(Cl)c3)cc12. The van der Waals surface area contributed by atoms with Gasteiger partial charge in [0.2, 0.25) is 0 Å². The highest BCUT2D eigenvalue weighted by atomic mass is 35.5. The Kier molecular flexibility index (Phi) is 5.81. The Balaban J connectivity index is 1.80. The lowest BCUT2D eigenvalue weighted by atomic mass is 10.1. The molecule has 0 bridgehead atoms. The molecule has 0 aliphatic heterocycles. The molecule has 0 N–H and O–H groups in total. The number of fused-ring (bicyclic) bond motifs is 1. The highest BCUT2D eigenvalue weighted by Gasteiger charge is 2.20.